The van der Waals surface area contributed by atoms with Crippen LogP contribution in [0.4, 0.5) is 24.7 Å². The number of anilines is 2. The maximum atomic E-state index is 12.7. The van der Waals surface area contributed by atoms with Crippen LogP contribution in [-0.4, -0.2) is 48.6 Å². The second-order valence-corrected chi connectivity index (χ2v) is 8.21. The molecule has 0 radical (unpaired) electrons. The van der Waals surface area contributed by atoms with Crippen molar-refractivity contribution in [2.75, 3.05) is 29.9 Å². The Balaban J connectivity index is 1.29. The van der Waals surface area contributed by atoms with Gasteiger partial charge in [-0.3, -0.25) is 9.59 Å². The summed E-state index contributed by atoms with van der Waals surface area (Å²) < 4.78 is 43.5. The number of nitrogens with zero attached hydrogens (tertiary/aromatic N) is 2. The number of alkyl halides is 3. The largest absolute Gasteiger partial charge is 0.417 e. The Morgan fingerprint density at radius 1 is 1.09 bits per heavy atom. The molecule has 3 heterocycles. The average Bonchev–Trinajstić information content (AvgIpc) is 3.35. The molecule has 0 spiro atoms. The fourth-order valence-electron chi connectivity index (χ4n) is 4.01. The molecule has 176 valence electrons. The van der Waals surface area contributed by atoms with Crippen molar-refractivity contribution in [3.8, 4) is 0 Å². The van der Waals surface area contributed by atoms with Crippen LogP contribution in [-0.2, 0) is 15.7 Å². The topological polar surface area (TPSA) is 83.6 Å². The number of halogens is 3. The lowest BCUT2D eigenvalue weighted by molar-refractivity contribution is -0.137. The van der Waals surface area contributed by atoms with E-state index in [1.165, 1.54) is 6.07 Å². The minimum Gasteiger partial charge on any atom is -0.368 e. The highest BCUT2D eigenvalue weighted by atomic mass is 19.4. The molecule has 1 aromatic carbocycles. The summed E-state index contributed by atoms with van der Waals surface area (Å²) in [6.45, 7) is 1.72. The summed E-state index contributed by atoms with van der Waals surface area (Å²) in [5.74, 6) is 0.0334. The van der Waals surface area contributed by atoms with Gasteiger partial charge in [0.2, 0.25) is 0 Å². The SMILES string of the molecule is O=C(NC1CCN(c2ccc(C(F)(F)F)cn2)CC1)c1cccc(NC(=O)C2CCCO2)c1. The molecule has 1 unspecified atom stereocenters. The van der Waals surface area contributed by atoms with Crippen molar-refractivity contribution in [1.82, 2.24) is 10.3 Å². The van der Waals surface area contributed by atoms with Gasteiger partial charge in [-0.05, 0) is 56.0 Å². The molecular weight excluding hydrogens is 437 g/mol. The molecule has 1 atom stereocenters. The van der Waals surface area contributed by atoms with Gasteiger partial charge in [-0.25, -0.2) is 4.98 Å². The lowest BCUT2D eigenvalue weighted by atomic mass is 10.0. The number of benzene rings is 1. The number of aromatic nitrogens is 1. The number of nitrogens with one attached hydrogen (secondary N) is 2. The molecule has 0 aliphatic carbocycles. The van der Waals surface area contributed by atoms with Crippen LogP contribution in [0.5, 0.6) is 0 Å². The van der Waals surface area contributed by atoms with E-state index in [0.717, 1.165) is 18.7 Å². The molecule has 33 heavy (non-hydrogen) atoms. The van der Waals surface area contributed by atoms with Crippen LogP contribution in [0.3, 0.4) is 0 Å². The molecule has 2 saturated heterocycles. The number of amides is 2. The number of hydrogen-bond acceptors (Lipinski definition) is 5. The molecule has 4 rings (SSSR count). The number of ether oxygens (including phenoxy) is 1. The molecule has 2 amide bonds. The molecule has 10 heteroatoms. The van der Waals surface area contributed by atoms with Crippen LogP contribution in [0.15, 0.2) is 42.6 Å². The first-order valence-corrected chi connectivity index (χ1v) is 10.9. The monoisotopic (exact) mass is 462 g/mol. The first-order chi connectivity index (χ1) is 15.8. The first kappa shape index (κ1) is 23.0. The molecule has 2 aliphatic heterocycles. The molecular formula is C23H25F3N4O3. The van der Waals surface area contributed by atoms with Crippen molar-refractivity contribution < 1.29 is 27.5 Å². The fourth-order valence-corrected chi connectivity index (χ4v) is 4.01. The number of carbonyl (C=O) groups excluding carboxylic acids is 2. The van der Waals surface area contributed by atoms with Gasteiger partial charge in [-0.2, -0.15) is 13.2 Å². The second-order valence-electron chi connectivity index (χ2n) is 8.21. The summed E-state index contributed by atoms with van der Waals surface area (Å²) in [6.07, 6.45) is -1.19. The molecule has 2 aliphatic rings. The highest BCUT2D eigenvalue weighted by Crippen LogP contribution is 2.30. The van der Waals surface area contributed by atoms with Gasteiger partial charge >= 0.3 is 6.18 Å². The van der Waals surface area contributed by atoms with Crippen LogP contribution in [0, 0.1) is 0 Å². The van der Waals surface area contributed by atoms with Crippen molar-refractivity contribution in [3.05, 3.63) is 53.7 Å². The quantitative estimate of drug-likeness (QED) is 0.709. The van der Waals surface area contributed by atoms with Crippen molar-refractivity contribution in [3.63, 3.8) is 0 Å². The minimum absolute atomic E-state index is 0.0617. The average molecular weight is 462 g/mol. The Hall–Kier alpha value is -3.14. The van der Waals surface area contributed by atoms with Gasteiger partial charge in [0.1, 0.15) is 11.9 Å². The van der Waals surface area contributed by atoms with Crippen LogP contribution < -0.4 is 15.5 Å². The molecule has 2 fully saturated rings. The summed E-state index contributed by atoms with van der Waals surface area (Å²) >= 11 is 0. The molecule has 7 nitrogen and oxygen atoms in total. The maximum Gasteiger partial charge on any atom is 0.417 e. The molecule has 0 bridgehead atoms. The standard InChI is InChI=1S/C23H25F3N4O3/c24-23(25,26)16-6-7-20(27-14-16)30-10-8-17(9-11-30)28-21(31)15-3-1-4-18(13-15)29-22(32)19-5-2-12-33-19/h1,3-4,6-7,13-14,17,19H,2,5,8-12H2,(H,28,31)(H,29,32). The van der Waals surface area contributed by atoms with E-state index in [4.69, 9.17) is 4.74 Å². The number of rotatable bonds is 5. The second kappa shape index (κ2) is 9.78. The van der Waals surface area contributed by atoms with Gasteiger partial charge in [0.15, 0.2) is 0 Å². The predicted molar refractivity (Wildman–Crippen MR) is 116 cm³/mol. The highest BCUT2D eigenvalue weighted by Gasteiger charge is 2.31. The van der Waals surface area contributed by atoms with Gasteiger partial charge < -0.3 is 20.3 Å². The molecule has 1 aromatic heterocycles. The van der Waals surface area contributed by atoms with Crippen molar-refractivity contribution in [2.45, 2.75) is 44.0 Å². The Bertz CT molecular complexity index is 983. The minimum atomic E-state index is -4.41. The lowest BCUT2D eigenvalue weighted by Crippen LogP contribution is -2.45. The van der Waals surface area contributed by atoms with Crippen molar-refractivity contribution in [1.29, 1.82) is 0 Å². The van der Waals surface area contributed by atoms with Gasteiger partial charge in [-0.15, -0.1) is 0 Å². The van der Waals surface area contributed by atoms with E-state index in [9.17, 15) is 22.8 Å². The first-order valence-electron chi connectivity index (χ1n) is 10.9. The van der Waals surface area contributed by atoms with Crippen LogP contribution in [0.1, 0.15) is 41.6 Å². The Morgan fingerprint density at radius 3 is 2.52 bits per heavy atom. The van der Waals surface area contributed by atoms with E-state index in [2.05, 4.69) is 15.6 Å². The summed E-state index contributed by atoms with van der Waals surface area (Å²) in [5.41, 5.74) is 0.195. The Morgan fingerprint density at radius 2 is 1.88 bits per heavy atom. The third kappa shape index (κ3) is 5.81. The van der Waals surface area contributed by atoms with Crippen LogP contribution >= 0.6 is 0 Å². The lowest BCUT2D eigenvalue weighted by Gasteiger charge is -2.33. The van der Waals surface area contributed by atoms with E-state index < -0.39 is 17.8 Å². The van der Waals surface area contributed by atoms with Crippen molar-refractivity contribution in [2.24, 2.45) is 0 Å². The summed E-state index contributed by atoms with van der Waals surface area (Å²) in [6, 6.07) is 9.08. The Kier molecular flexibility index (Phi) is 6.83. The summed E-state index contributed by atoms with van der Waals surface area (Å²) in [4.78, 5) is 30.8. The van der Waals surface area contributed by atoms with Gasteiger partial charge in [0, 0.05) is 43.2 Å². The summed E-state index contributed by atoms with van der Waals surface area (Å²) in [7, 11) is 0. The van der Waals surface area contributed by atoms with Crippen molar-refractivity contribution >= 4 is 23.3 Å². The molecule has 0 saturated carbocycles. The van der Waals surface area contributed by atoms with E-state index >= 15 is 0 Å². The van der Waals surface area contributed by atoms with E-state index in [-0.39, 0.29) is 17.9 Å². The zero-order valence-corrected chi connectivity index (χ0v) is 17.9. The summed E-state index contributed by atoms with van der Waals surface area (Å²) in [5, 5.41) is 5.79. The molecule has 2 N–H and O–H groups in total. The van der Waals surface area contributed by atoms with Crippen LogP contribution in [0.2, 0.25) is 0 Å². The number of piperidine rings is 1. The third-order valence-electron chi connectivity index (χ3n) is 5.84. The smallest absolute Gasteiger partial charge is 0.368 e. The zero-order valence-electron chi connectivity index (χ0n) is 17.9. The normalized spacial score (nSPS) is 19.4. The van der Waals surface area contributed by atoms with Gasteiger partial charge in [0.25, 0.3) is 11.8 Å². The Labute approximate surface area is 189 Å². The van der Waals surface area contributed by atoms with E-state index in [1.54, 1.807) is 24.3 Å². The molecule has 2 aromatic rings. The van der Waals surface area contributed by atoms with Crippen LogP contribution in [0.25, 0.3) is 0 Å². The number of pyridine rings is 1. The zero-order chi connectivity index (χ0) is 23.4. The number of carbonyl (C=O) groups is 2. The van der Waals surface area contributed by atoms with Gasteiger partial charge in [-0.1, -0.05) is 6.07 Å². The van der Waals surface area contributed by atoms with E-state index in [1.807, 2.05) is 4.90 Å². The maximum absolute atomic E-state index is 12.7. The van der Waals surface area contributed by atoms with Gasteiger partial charge in [0.05, 0.1) is 5.56 Å². The third-order valence-corrected chi connectivity index (χ3v) is 5.84. The highest BCUT2D eigenvalue weighted by molar-refractivity contribution is 5.98. The fraction of sp³-hybridized carbons (Fsp3) is 0.435. The number of hydrogen-bond donors (Lipinski definition) is 2. The van der Waals surface area contributed by atoms with E-state index in [0.29, 0.717) is 56.0 Å². The predicted octanol–water partition coefficient (Wildman–Crippen LogP) is 3.62.